The lowest BCUT2D eigenvalue weighted by molar-refractivity contribution is -0.292. The molecule has 5 atom stereocenters. The molecule has 0 aromatic carbocycles. The minimum atomic E-state index is -0.894. The number of nitrogens with one attached hydrogen (secondary N) is 1. The Balaban J connectivity index is 2.81. The van der Waals surface area contributed by atoms with Crippen molar-refractivity contribution in [2.75, 3.05) is 20.8 Å². The minimum Gasteiger partial charge on any atom is -0.416 e. The van der Waals surface area contributed by atoms with Crippen LogP contribution in [0.3, 0.4) is 0 Å². The van der Waals surface area contributed by atoms with Gasteiger partial charge in [-0.15, -0.1) is 0 Å². The first-order chi connectivity index (χ1) is 11.0. The third-order valence-corrected chi connectivity index (χ3v) is 3.52. The summed E-state index contributed by atoms with van der Waals surface area (Å²) in [5.41, 5.74) is 0.610. The van der Waals surface area contributed by atoms with Gasteiger partial charge in [0.25, 0.3) is 0 Å². The number of carbonyl (C=O) groups excluding carboxylic acids is 1. The summed E-state index contributed by atoms with van der Waals surface area (Å²) in [5, 5.41) is 2.58. The maximum atomic E-state index is 12.0. The molecule has 0 bridgehead atoms. The molecule has 0 aromatic rings. The van der Waals surface area contributed by atoms with E-state index in [0.29, 0.717) is 12.3 Å². The summed E-state index contributed by atoms with van der Waals surface area (Å²) in [5.74, 6) is 0. The average Bonchev–Trinajstić information content (AvgIpc) is 2.47. The Morgan fingerprint density at radius 3 is 2.43 bits per heavy atom. The van der Waals surface area contributed by atoms with Crippen molar-refractivity contribution in [1.29, 1.82) is 0 Å². The monoisotopic (exact) mass is 329 g/mol. The van der Waals surface area contributed by atoms with Crippen molar-refractivity contribution >= 4 is 6.09 Å². The molecule has 1 N–H and O–H groups in total. The molecule has 0 radical (unpaired) electrons. The van der Waals surface area contributed by atoms with E-state index < -0.39 is 24.6 Å². The number of amides is 1. The number of hydrogen-bond donors (Lipinski definition) is 1. The van der Waals surface area contributed by atoms with Gasteiger partial charge in [0.05, 0.1) is 6.10 Å². The molecule has 1 fully saturated rings. The molecule has 1 amide bonds. The molecular weight excluding hydrogens is 302 g/mol. The van der Waals surface area contributed by atoms with Crippen LogP contribution >= 0.6 is 0 Å². The van der Waals surface area contributed by atoms with Gasteiger partial charge in [0.1, 0.15) is 18.3 Å². The van der Waals surface area contributed by atoms with Gasteiger partial charge in [0, 0.05) is 26.5 Å². The van der Waals surface area contributed by atoms with Gasteiger partial charge >= 0.3 is 6.09 Å². The lowest BCUT2D eigenvalue weighted by atomic mass is 9.99. The SMILES string of the molecule is C=C/C=C(\C)NC(=O)O[C@@H]1O[C@@H](C)[C@H](OC)[C@@H](OCC)[C@H]1OC. The van der Waals surface area contributed by atoms with Gasteiger partial charge in [-0.1, -0.05) is 12.7 Å². The number of methoxy groups -OCH3 is 2. The minimum absolute atomic E-state index is 0.314. The van der Waals surface area contributed by atoms with E-state index in [-0.39, 0.29) is 12.2 Å². The van der Waals surface area contributed by atoms with Gasteiger partial charge in [0.15, 0.2) is 0 Å². The summed E-state index contributed by atoms with van der Waals surface area (Å²) in [6, 6.07) is 0. The summed E-state index contributed by atoms with van der Waals surface area (Å²) in [4.78, 5) is 12.0. The molecule has 7 nitrogen and oxygen atoms in total. The highest BCUT2D eigenvalue weighted by Gasteiger charge is 2.47. The first kappa shape index (κ1) is 19.6. The van der Waals surface area contributed by atoms with Crippen LogP contribution in [0.2, 0.25) is 0 Å². The molecule has 23 heavy (non-hydrogen) atoms. The highest BCUT2D eigenvalue weighted by Crippen LogP contribution is 2.28. The predicted octanol–water partition coefficient (Wildman–Crippen LogP) is 1.98. The van der Waals surface area contributed by atoms with Crippen LogP contribution < -0.4 is 5.32 Å². The van der Waals surface area contributed by atoms with Crippen LogP contribution in [0.4, 0.5) is 4.79 Å². The van der Waals surface area contributed by atoms with E-state index in [1.54, 1.807) is 26.2 Å². The van der Waals surface area contributed by atoms with Crippen LogP contribution in [0, 0.1) is 0 Å². The first-order valence-electron chi connectivity index (χ1n) is 7.58. The molecule has 1 aliphatic heterocycles. The van der Waals surface area contributed by atoms with E-state index in [4.69, 9.17) is 23.7 Å². The highest BCUT2D eigenvalue weighted by molar-refractivity contribution is 5.69. The van der Waals surface area contributed by atoms with Crippen molar-refractivity contribution in [3.8, 4) is 0 Å². The van der Waals surface area contributed by atoms with Crippen molar-refractivity contribution in [2.45, 2.75) is 51.5 Å². The molecule has 1 aliphatic rings. The molecule has 0 aliphatic carbocycles. The molecule has 0 aromatic heterocycles. The number of alkyl carbamates (subject to hydrolysis) is 1. The van der Waals surface area contributed by atoms with E-state index in [1.807, 2.05) is 13.8 Å². The topological polar surface area (TPSA) is 75.3 Å². The van der Waals surface area contributed by atoms with Crippen LogP contribution in [0.5, 0.6) is 0 Å². The molecule has 1 saturated heterocycles. The zero-order chi connectivity index (χ0) is 17.4. The Labute approximate surface area is 137 Å². The maximum absolute atomic E-state index is 12.0. The number of carbonyl (C=O) groups is 1. The quantitative estimate of drug-likeness (QED) is 0.720. The standard InChI is InChI=1S/C16H27NO6/c1-7-9-10(3)17-16(18)23-15-14(20-6)13(21-8-2)12(19-5)11(4)22-15/h7,9,11-15H,1,8H2,2-6H3,(H,17,18)/b10-9+/t11-,12-,13+,14+,15-/m0/s1. The average molecular weight is 329 g/mol. The molecule has 1 rings (SSSR count). The molecule has 7 heteroatoms. The lowest BCUT2D eigenvalue weighted by Crippen LogP contribution is -2.60. The molecule has 132 valence electrons. The Kier molecular flexibility index (Phi) is 8.25. The highest BCUT2D eigenvalue weighted by atomic mass is 16.7. The smallest absolute Gasteiger partial charge is 0.413 e. The fourth-order valence-electron chi connectivity index (χ4n) is 2.54. The summed E-state index contributed by atoms with van der Waals surface area (Å²) >= 11 is 0. The maximum Gasteiger partial charge on any atom is 0.413 e. The van der Waals surface area contributed by atoms with Crippen molar-refractivity contribution < 1.29 is 28.5 Å². The van der Waals surface area contributed by atoms with Gasteiger partial charge in [-0.2, -0.15) is 0 Å². The first-order valence-corrected chi connectivity index (χ1v) is 7.58. The van der Waals surface area contributed by atoms with E-state index in [2.05, 4.69) is 11.9 Å². The van der Waals surface area contributed by atoms with Crippen LogP contribution in [-0.2, 0) is 23.7 Å². The number of allylic oxidation sites excluding steroid dienone is 3. The second-order valence-corrected chi connectivity index (χ2v) is 5.15. The largest absolute Gasteiger partial charge is 0.416 e. The third-order valence-electron chi connectivity index (χ3n) is 3.52. The number of hydrogen-bond acceptors (Lipinski definition) is 6. The Hall–Kier alpha value is -1.41. The predicted molar refractivity (Wildman–Crippen MR) is 84.9 cm³/mol. The summed E-state index contributed by atoms with van der Waals surface area (Å²) in [6.45, 7) is 9.49. The third kappa shape index (κ3) is 5.31. The number of rotatable bonds is 7. The Morgan fingerprint density at radius 2 is 1.91 bits per heavy atom. The van der Waals surface area contributed by atoms with E-state index in [1.165, 1.54) is 7.11 Å². The summed E-state index contributed by atoms with van der Waals surface area (Å²) in [7, 11) is 3.10. The number of ether oxygens (including phenoxy) is 5. The summed E-state index contributed by atoms with van der Waals surface area (Å²) in [6.07, 6.45) is 0.0767. The fourth-order valence-corrected chi connectivity index (χ4v) is 2.54. The van der Waals surface area contributed by atoms with Gasteiger partial charge in [-0.25, -0.2) is 4.79 Å². The fraction of sp³-hybridized carbons (Fsp3) is 0.688. The van der Waals surface area contributed by atoms with E-state index in [0.717, 1.165) is 0 Å². The summed E-state index contributed by atoms with van der Waals surface area (Å²) < 4.78 is 27.7. The Morgan fingerprint density at radius 1 is 1.26 bits per heavy atom. The van der Waals surface area contributed by atoms with Crippen LogP contribution in [0.1, 0.15) is 20.8 Å². The zero-order valence-corrected chi connectivity index (χ0v) is 14.4. The van der Waals surface area contributed by atoms with Gasteiger partial charge in [-0.3, -0.25) is 5.32 Å². The molecule has 0 spiro atoms. The molecule has 1 heterocycles. The van der Waals surface area contributed by atoms with Crippen molar-refractivity contribution in [2.24, 2.45) is 0 Å². The van der Waals surface area contributed by atoms with Gasteiger partial charge in [0.2, 0.25) is 6.29 Å². The molecule has 0 saturated carbocycles. The normalized spacial score (nSPS) is 31.5. The second kappa shape index (κ2) is 9.67. The molecular formula is C16H27NO6. The van der Waals surface area contributed by atoms with Crippen molar-refractivity contribution in [3.63, 3.8) is 0 Å². The van der Waals surface area contributed by atoms with Crippen molar-refractivity contribution in [3.05, 3.63) is 24.4 Å². The van der Waals surface area contributed by atoms with Crippen LogP contribution in [0.25, 0.3) is 0 Å². The molecule has 0 unspecified atom stereocenters. The van der Waals surface area contributed by atoms with Crippen LogP contribution in [0.15, 0.2) is 24.4 Å². The van der Waals surface area contributed by atoms with Gasteiger partial charge < -0.3 is 23.7 Å². The zero-order valence-electron chi connectivity index (χ0n) is 14.4. The Bertz CT molecular complexity index is 425. The van der Waals surface area contributed by atoms with E-state index >= 15 is 0 Å². The van der Waals surface area contributed by atoms with Crippen LogP contribution in [-0.4, -0.2) is 57.6 Å². The van der Waals surface area contributed by atoms with Gasteiger partial charge in [-0.05, 0) is 26.8 Å². The van der Waals surface area contributed by atoms with Crippen molar-refractivity contribution in [1.82, 2.24) is 5.32 Å². The second-order valence-electron chi connectivity index (χ2n) is 5.15. The van der Waals surface area contributed by atoms with E-state index in [9.17, 15) is 4.79 Å². The lowest BCUT2D eigenvalue weighted by Gasteiger charge is -2.43.